The molecule has 5 heteroatoms. The molecule has 2 aliphatic heterocycles. The number of carbonyl (C=O) groups excluding carboxylic acids is 1. The third-order valence-electron chi connectivity index (χ3n) is 4.39. The summed E-state index contributed by atoms with van der Waals surface area (Å²) in [5.41, 5.74) is 5.13. The zero-order chi connectivity index (χ0) is 13.0. The van der Waals surface area contributed by atoms with E-state index in [1.165, 1.54) is 0 Å². The summed E-state index contributed by atoms with van der Waals surface area (Å²) in [6.07, 6.45) is 4.17. The molecule has 0 spiro atoms. The predicted molar refractivity (Wildman–Crippen MR) is 70.2 cm³/mol. The zero-order valence-electron chi connectivity index (χ0n) is 11.2. The van der Waals surface area contributed by atoms with Crippen LogP contribution in [0.25, 0.3) is 0 Å². The molecule has 5 nitrogen and oxygen atoms in total. The first-order valence-electron chi connectivity index (χ1n) is 7.06. The third kappa shape index (κ3) is 2.68. The number of hydrogen-bond donors (Lipinski definition) is 3. The van der Waals surface area contributed by atoms with Crippen molar-refractivity contribution in [2.75, 3.05) is 26.2 Å². The lowest BCUT2D eigenvalue weighted by Gasteiger charge is -2.43. The van der Waals surface area contributed by atoms with Gasteiger partial charge in [0.05, 0.1) is 6.10 Å². The van der Waals surface area contributed by atoms with E-state index in [9.17, 15) is 4.79 Å². The van der Waals surface area contributed by atoms with Crippen LogP contribution < -0.4 is 16.4 Å². The van der Waals surface area contributed by atoms with E-state index in [4.69, 9.17) is 10.5 Å². The first-order chi connectivity index (χ1) is 8.69. The van der Waals surface area contributed by atoms with Crippen LogP contribution in [0.2, 0.25) is 0 Å². The molecular weight excluding hydrogens is 230 g/mol. The van der Waals surface area contributed by atoms with E-state index in [0.29, 0.717) is 0 Å². The number of primary amides is 1. The largest absolute Gasteiger partial charge is 0.377 e. The van der Waals surface area contributed by atoms with Crippen LogP contribution in [0.5, 0.6) is 0 Å². The van der Waals surface area contributed by atoms with Crippen LogP contribution in [0.3, 0.4) is 0 Å². The standard InChI is InChI=1S/C13H25N3O2/c1-2-10-8-15-6-5-13(10,12(14)17)16-9-11-4-3-7-18-11/h10-11,15-16H,2-9H2,1H3,(H2,14,17). The minimum absolute atomic E-state index is 0.214. The smallest absolute Gasteiger partial charge is 0.238 e. The summed E-state index contributed by atoms with van der Waals surface area (Å²) < 4.78 is 5.61. The minimum Gasteiger partial charge on any atom is -0.377 e. The Labute approximate surface area is 109 Å². The van der Waals surface area contributed by atoms with Crippen molar-refractivity contribution in [3.63, 3.8) is 0 Å². The van der Waals surface area contributed by atoms with Gasteiger partial charge in [0.25, 0.3) is 0 Å². The topological polar surface area (TPSA) is 76.4 Å². The van der Waals surface area contributed by atoms with Crippen molar-refractivity contribution in [1.29, 1.82) is 0 Å². The van der Waals surface area contributed by atoms with Gasteiger partial charge in [-0.3, -0.25) is 4.79 Å². The second-order valence-electron chi connectivity index (χ2n) is 5.41. The maximum absolute atomic E-state index is 11.9. The highest BCUT2D eigenvalue weighted by molar-refractivity contribution is 5.85. The van der Waals surface area contributed by atoms with Gasteiger partial charge >= 0.3 is 0 Å². The Kier molecular flexibility index (Phi) is 4.59. The fraction of sp³-hybridized carbons (Fsp3) is 0.923. The number of nitrogens with one attached hydrogen (secondary N) is 2. The molecule has 18 heavy (non-hydrogen) atoms. The van der Waals surface area contributed by atoms with Gasteiger partial charge in [0.2, 0.25) is 5.91 Å². The fourth-order valence-corrected chi connectivity index (χ4v) is 3.18. The molecule has 0 aromatic rings. The van der Waals surface area contributed by atoms with Crippen molar-refractivity contribution in [1.82, 2.24) is 10.6 Å². The number of nitrogens with two attached hydrogens (primary N) is 1. The highest BCUT2D eigenvalue weighted by Gasteiger charge is 2.44. The summed E-state index contributed by atoms with van der Waals surface area (Å²) in [6.45, 7) is 5.40. The van der Waals surface area contributed by atoms with Crippen molar-refractivity contribution in [3.8, 4) is 0 Å². The lowest BCUT2D eigenvalue weighted by Crippen LogP contribution is -2.66. The number of piperidine rings is 1. The third-order valence-corrected chi connectivity index (χ3v) is 4.39. The average molecular weight is 255 g/mol. The van der Waals surface area contributed by atoms with Gasteiger partial charge in [-0.2, -0.15) is 0 Å². The van der Waals surface area contributed by atoms with Gasteiger partial charge < -0.3 is 21.1 Å². The molecule has 2 fully saturated rings. The van der Waals surface area contributed by atoms with E-state index in [2.05, 4.69) is 17.6 Å². The summed E-state index contributed by atoms with van der Waals surface area (Å²) in [7, 11) is 0. The Balaban J connectivity index is 2.02. The Morgan fingerprint density at radius 1 is 1.61 bits per heavy atom. The van der Waals surface area contributed by atoms with E-state index in [1.54, 1.807) is 0 Å². The highest BCUT2D eigenvalue weighted by Crippen LogP contribution is 2.27. The van der Waals surface area contributed by atoms with Gasteiger partial charge in [-0.25, -0.2) is 0 Å². The quantitative estimate of drug-likeness (QED) is 0.646. The number of ether oxygens (including phenoxy) is 1. The van der Waals surface area contributed by atoms with Crippen molar-refractivity contribution < 1.29 is 9.53 Å². The highest BCUT2D eigenvalue weighted by atomic mass is 16.5. The average Bonchev–Trinajstić information content (AvgIpc) is 2.89. The van der Waals surface area contributed by atoms with Gasteiger partial charge in [0.15, 0.2) is 0 Å². The molecule has 2 saturated heterocycles. The lowest BCUT2D eigenvalue weighted by atomic mass is 9.76. The summed E-state index contributed by atoms with van der Waals surface area (Å²) in [4.78, 5) is 11.9. The van der Waals surface area contributed by atoms with Gasteiger partial charge in [0.1, 0.15) is 5.54 Å². The molecule has 0 aromatic heterocycles. The molecule has 0 bridgehead atoms. The van der Waals surface area contributed by atoms with E-state index < -0.39 is 5.54 Å². The number of rotatable bonds is 5. The van der Waals surface area contributed by atoms with Gasteiger partial charge in [-0.05, 0) is 38.1 Å². The van der Waals surface area contributed by atoms with Crippen LogP contribution in [-0.4, -0.2) is 43.8 Å². The van der Waals surface area contributed by atoms with Crippen molar-refractivity contribution >= 4 is 5.91 Å². The van der Waals surface area contributed by atoms with E-state index in [-0.39, 0.29) is 17.9 Å². The predicted octanol–water partition coefficient (Wildman–Crippen LogP) is -0.00140. The van der Waals surface area contributed by atoms with Crippen LogP contribution in [0.4, 0.5) is 0 Å². The molecule has 2 rings (SSSR count). The van der Waals surface area contributed by atoms with Crippen LogP contribution in [0, 0.1) is 5.92 Å². The van der Waals surface area contributed by atoms with E-state index in [0.717, 1.165) is 51.9 Å². The second-order valence-corrected chi connectivity index (χ2v) is 5.41. The van der Waals surface area contributed by atoms with Gasteiger partial charge in [-0.15, -0.1) is 0 Å². The Hall–Kier alpha value is -0.650. The molecule has 0 radical (unpaired) electrons. The summed E-state index contributed by atoms with van der Waals surface area (Å²) in [5.74, 6) is 0.0546. The van der Waals surface area contributed by atoms with Crippen LogP contribution in [0.15, 0.2) is 0 Å². The molecule has 0 aromatic carbocycles. The molecule has 104 valence electrons. The van der Waals surface area contributed by atoms with E-state index >= 15 is 0 Å². The van der Waals surface area contributed by atoms with Crippen molar-refractivity contribution in [2.45, 2.75) is 44.2 Å². The Morgan fingerprint density at radius 3 is 3.06 bits per heavy atom. The minimum atomic E-state index is -0.550. The molecule has 0 saturated carbocycles. The fourth-order valence-electron chi connectivity index (χ4n) is 3.18. The second kappa shape index (κ2) is 5.99. The molecular formula is C13H25N3O2. The molecule has 3 atom stereocenters. The summed E-state index contributed by atoms with van der Waals surface area (Å²) in [6, 6.07) is 0. The Morgan fingerprint density at radius 2 is 2.44 bits per heavy atom. The monoisotopic (exact) mass is 255 g/mol. The van der Waals surface area contributed by atoms with Crippen molar-refractivity contribution in [2.24, 2.45) is 11.7 Å². The first kappa shape index (κ1) is 13.8. The molecule has 1 amide bonds. The number of hydrogen-bond acceptors (Lipinski definition) is 4. The van der Waals surface area contributed by atoms with E-state index in [1.807, 2.05) is 0 Å². The van der Waals surface area contributed by atoms with Gasteiger partial charge in [0, 0.05) is 19.7 Å². The van der Waals surface area contributed by atoms with Gasteiger partial charge in [-0.1, -0.05) is 6.92 Å². The lowest BCUT2D eigenvalue weighted by molar-refractivity contribution is -0.128. The molecule has 2 aliphatic rings. The summed E-state index contributed by atoms with van der Waals surface area (Å²) in [5, 5.41) is 6.78. The number of carbonyl (C=O) groups is 1. The van der Waals surface area contributed by atoms with Crippen LogP contribution in [0.1, 0.15) is 32.6 Å². The maximum Gasteiger partial charge on any atom is 0.238 e. The maximum atomic E-state index is 11.9. The molecule has 4 N–H and O–H groups in total. The first-order valence-corrected chi connectivity index (χ1v) is 7.06. The normalized spacial score (nSPS) is 36.7. The van der Waals surface area contributed by atoms with Crippen LogP contribution >= 0.6 is 0 Å². The molecule has 3 unspecified atom stereocenters. The molecule has 2 heterocycles. The van der Waals surface area contributed by atoms with Crippen LogP contribution in [-0.2, 0) is 9.53 Å². The van der Waals surface area contributed by atoms with Crippen molar-refractivity contribution in [3.05, 3.63) is 0 Å². The zero-order valence-corrected chi connectivity index (χ0v) is 11.2. The molecule has 0 aliphatic carbocycles. The summed E-state index contributed by atoms with van der Waals surface area (Å²) >= 11 is 0. The number of amides is 1. The Bertz CT molecular complexity index is 292. The SMILES string of the molecule is CCC1CNCCC1(NCC1CCCO1)C(N)=O.